The van der Waals surface area contributed by atoms with E-state index in [9.17, 15) is 4.57 Å². The van der Waals surface area contributed by atoms with Gasteiger partial charge in [-0.3, -0.25) is 4.57 Å². The Hall–Kier alpha value is 0.530. The molecule has 0 atom stereocenters. The highest BCUT2D eigenvalue weighted by atomic mass is 35.5. The third kappa shape index (κ3) is 4.50. The number of halogens is 4. The molecule has 0 spiro atoms. The van der Waals surface area contributed by atoms with Crippen LogP contribution in [0.5, 0.6) is 0 Å². The summed E-state index contributed by atoms with van der Waals surface area (Å²) in [5.41, 5.74) is 0.422. The molecule has 0 fully saturated rings. The Morgan fingerprint density at radius 3 is 1.89 bits per heavy atom. The molecule has 0 aliphatic carbocycles. The maximum atomic E-state index is 12.7. The van der Waals surface area contributed by atoms with Crippen LogP contribution in [0.2, 0.25) is 0 Å². The van der Waals surface area contributed by atoms with Crippen molar-refractivity contribution in [2.24, 2.45) is 0 Å². The van der Waals surface area contributed by atoms with Gasteiger partial charge in [0.2, 0.25) is 4.07 Å². The second-order valence-electron chi connectivity index (χ2n) is 3.45. The largest absolute Gasteiger partial charge is 0.371 e. The van der Waals surface area contributed by atoms with E-state index >= 15 is 0 Å². The minimum absolute atomic E-state index is 0.00907. The van der Waals surface area contributed by atoms with E-state index in [4.69, 9.17) is 55.5 Å². The average Bonchev–Trinajstić information content (AvgIpc) is 2.43. The maximum Gasteiger partial charge on any atom is 0.371 e. The van der Waals surface area contributed by atoms with Gasteiger partial charge >= 0.3 is 7.60 Å². The summed E-state index contributed by atoms with van der Waals surface area (Å²) in [5, 5.41) is 0. The first-order chi connectivity index (χ1) is 8.98. The molecule has 3 nitrogen and oxygen atoms in total. The SMILES string of the molecule is O=P(OCCCl)(OCCCl)C(Cl)(Cl)c1ccccc1. The molecule has 108 valence electrons. The molecule has 0 aromatic heterocycles. The van der Waals surface area contributed by atoms with Gasteiger partial charge in [0.25, 0.3) is 0 Å². The standard InChI is InChI=1S/C11H13Cl4O3P/c12-6-8-17-19(16,18-9-7-13)11(14,15)10-4-2-1-3-5-10/h1-5H,6-9H2. The molecule has 1 rings (SSSR count). The molecule has 0 radical (unpaired) electrons. The summed E-state index contributed by atoms with van der Waals surface area (Å²) in [4.78, 5) is 0. The van der Waals surface area contributed by atoms with Crippen LogP contribution in [0.3, 0.4) is 0 Å². The first-order valence-electron chi connectivity index (χ1n) is 5.42. The van der Waals surface area contributed by atoms with Crippen LogP contribution in [0.1, 0.15) is 5.56 Å². The van der Waals surface area contributed by atoms with E-state index in [1.54, 1.807) is 30.3 Å². The van der Waals surface area contributed by atoms with Gasteiger partial charge in [0.05, 0.1) is 13.2 Å². The van der Waals surface area contributed by atoms with Gasteiger partial charge in [-0.25, -0.2) is 0 Å². The first kappa shape index (κ1) is 17.6. The van der Waals surface area contributed by atoms with Crippen molar-refractivity contribution in [3.8, 4) is 0 Å². The van der Waals surface area contributed by atoms with E-state index < -0.39 is 11.7 Å². The molecule has 0 aliphatic heterocycles. The van der Waals surface area contributed by atoms with Crippen molar-refractivity contribution in [3.63, 3.8) is 0 Å². The Balaban J connectivity index is 3.04. The Morgan fingerprint density at radius 2 is 1.47 bits per heavy atom. The van der Waals surface area contributed by atoms with Crippen molar-refractivity contribution < 1.29 is 13.6 Å². The van der Waals surface area contributed by atoms with E-state index in [1.807, 2.05) is 0 Å². The van der Waals surface area contributed by atoms with Crippen LogP contribution in [0.25, 0.3) is 0 Å². The zero-order chi connectivity index (χ0) is 14.4. The van der Waals surface area contributed by atoms with Crippen LogP contribution >= 0.6 is 54.0 Å². The molecule has 0 saturated heterocycles. The lowest BCUT2D eigenvalue weighted by Crippen LogP contribution is -2.17. The third-order valence-corrected chi connectivity index (χ3v) is 6.12. The Labute approximate surface area is 132 Å². The van der Waals surface area contributed by atoms with E-state index in [-0.39, 0.29) is 25.0 Å². The molecule has 0 saturated carbocycles. The molecule has 1 aromatic rings. The van der Waals surface area contributed by atoms with Crippen LogP contribution in [0.15, 0.2) is 30.3 Å². The van der Waals surface area contributed by atoms with Gasteiger partial charge in [-0.15, -0.1) is 23.2 Å². The summed E-state index contributed by atoms with van der Waals surface area (Å²) in [6.07, 6.45) is 0. The van der Waals surface area contributed by atoms with Gasteiger partial charge in [0.1, 0.15) is 0 Å². The quantitative estimate of drug-likeness (QED) is 0.481. The molecule has 0 bridgehead atoms. The zero-order valence-electron chi connectivity index (χ0n) is 9.90. The highest BCUT2D eigenvalue weighted by molar-refractivity contribution is 7.59. The molecule has 0 N–H and O–H groups in total. The van der Waals surface area contributed by atoms with Crippen molar-refractivity contribution in [2.75, 3.05) is 25.0 Å². The fourth-order valence-electron chi connectivity index (χ4n) is 1.31. The Morgan fingerprint density at radius 1 is 1.00 bits per heavy atom. The molecular formula is C11H13Cl4O3P. The monoisotopic (exact) mass is 364 g/mol. The first-order valence-corrected chi connectivity index (χ1v) is 8.79. The summed E-state index contributed by atoms with van der Waals surface area (Å²) in [6.45, 7) is 0.0181. The van der Waals surface area contributed by atoms with Gasteiger partial charge in [-0.1, -0.05) is 53.5 Å². The number of benzene rings is 1. The molecule has 0 unspecified atom stereocenters. The number of rotatable bonds is 8. The van der Waals surface area contributed by atoms with Crippen LogP contribution in [0, 0.1) is 0 Å². The molecule has 19 heavy (non-hydrogen) atoms. The second kappa shape index (κ2) is 8.09. The van der Waals surface area contributed by atoms with Gasteiger partial charge in [-0.2, -0.15) is 0 Å². The number of alkyl halides is 4. The minimum atomic E-state index is -3.82. The molecule has 1 aromatic carbocycles. The van der Waals surface area contributed by atoms with Gasteiger partial charge in [0.15, 0.2) is 0 Å². The second-order valence-corrected chi connectivity index (χ2v) is 8.24. The number of hydrogen-bond acceptors (Lipinski definition) is 3. The van der Waals surface area contributed by atoms with E-state index in [2.05, 4.69) is 0 Å². The van der Waals surface area contributed by atoms with Crippen molar-refractivity contribution in [2.45, 2.75) is 4.07 Å². The van der Waals surface area contributed by atoms with Crippen LogP contribution in [0.4, 0.5) is 0 Å². The van der Waals surface area contributed by atoms with E-state index in [0.717, 1.165) is 0 Å². The fourth-order valence-corrected chi connectivity index (χ4v) is 4.04. The van der Waals surface area contributed by atoms with Gasteiger partial charge < -0.3 is 9.05 Å². The fraction of sp³-hybridized carbons (Fsp3) is 0.455. The van der Waals surface area contributed by atoms with Crippen molar-refractivity contribution in [1.82, 2.24) is 0 Å². The lowest BCUT2D eigenvalue weighted by molar-refractivity contribution is 0.217. The molecule has 0 aliphatic rings. The zero-order valence-corrected chi connectivity index (χ0v) is 13.8. The van der Waals surface area contributed by atoms with Crippen molar-refractivity contribution >= 4 is 54.0 Å². The summed E-state index contributed by atoms with van der Waals surface area (Å²) < 4.78 is 21.3. The predicted octanol–water partition coefficient (Wildman–Crippen LogP) is 4.98. The highest BCUT2D eigenvalue weighted by Crippen LogP contribution is 2.69. The predicted molar refractivity (Wildman–Crippen MR) is 80.8 cm³/mol. The van der Waals surface area contributed by atoms with Gasteiger partial charge in [0, 0.05) is 17.3 Å². The third-order valence-electron chi connectivity index (χ3n) is 2.14. The summed E-state index contributed by atoms with van der Waals surface area (Å²) in [5.74, 6) is 0.291. The molecule has 8 heteroatoms. The van der Waals surface area contributed by atoms with E-state index in [0.29, 0.717) is 5.56 Å². The topological polar surface area (TPSA) is 35.5 Å². The van der Waals surface area contributed by atoms with Crippen molar-refractivity contribution in [3.05, 3.63) is 35.9 Å². The van der Waals surface area contributed by atoms with Crippen LogP contribution < -0.4 is 0 Å². The molecular weight excluding hydrogens is 353 g/mol. The average molecular weight is 366 g/mol. The van der Waals surface area contributed by atoms with Crippen LogP contribution in [-0.2, 0) is 17.7 Å². The smallest absolute Gasteiger partial charge is 0.305 e. The maximum absolute atomic E-state index is 12.7. The lowest BCUT2D eigenvalue weighted by atomic mass is 10.2. The minimum Gasteiger partial charge on any atom is -0.305 e. The lowest BCUT2D eigenvalue weighted by Gasteiger charge is -2.29. The van der Waals surface area contributed by atoms with E-state index in [1.165, 1.54) is 0 Å². The summed E-state index contributed by atoms with van der Waals surface area (Å²) >= 11 is 23.5. The van der Waals surface area contributed by atoms with Crippen molar-refractivity contribution in [1.29, 1.82) is 0 Å². The van der Waals surface area contributed by atoms with Gasteiger partial charge in [-0.05, 0) is 0 Å². The Kier molecular flexibility index (Phi) is 7.49. The highest BCUT2D eigenvalue weighted by Gasteiger charge is 2.50. The number of hydrogen-bond donors (Lipinski definition) is 0. The van der Waals surface area contributed by atoms with Crippen LogP contribution in [-0.4, -0.2) is 25.0 Å². The normalized spacial score (nSPS) is 12.6. The summed E-state index contributed by atoms with van der Waals surface area (Å²) in [7, 11) is -3.82. The summed E-state index contributed by atoms with van der Waals surface area (Å²) in [6, 6.07) is 8.52. The molecule has 0 amide bonds. The Bertz CT molecular complexity index is 415. The molecule has 0 heterocycles.